The van der Waals surface area contributed by atoms with Crippen molar-refractivity contribution in [1.29, 1.82) is 0 Å². The van der Waals surface area contributed by atoms with E-state index in [9.17, 15) is 24.6 Å². The van der Waals surface area contributed by atoms with Crippen molar-refractivity contribution in [2.45, 2.75) is 70.7 Å². The monoisotopic (exact) mass is 464 g/mol. The second-order valence-corrected chi connectivity index (χ2v) is 8.59. The lowest BCUT2D eigenvalue weighted by Gasteiger charge is -2.22. The molecule has 174 valence electrons. The Kier molecular flexibility index (Phi) is 8.22. The van der Waals surface area contributed by atoms with Gasteiger partial charge in [-0.3, -0.25) is 14.2 Å². The number of amides is 1. The second-order valence-electron chi connectivity index (χ2n) is 8.18. The highest BCUT2D eigenvalue weighted by Crippen LogP contribution is 2.25. The predicted molar refractivity (Wildman–Crippen MR) is 120 cm³/mol. The van der Waals surface area contributed by atoms with Crippen molar-refractivity contribution < 1.29 is 15.0 Å². The lowest BCUT2D eigenvalue weighted by atomic mass is 9.98. The molecule has 1 aliphatic carbocycles. The Balaban J connectivity index is 1.87. The topological polar surface area (TPSA) is 126 Å². The van der Waals surface area contributed by atoms with Gasteiger partial charge in [-0.25, -0.2) is 4.79 Å². The number of aliphatic hydroxyl groups excluding tert-OH is 2. The Morgan fingerprint density at radius 3 is 2.56 bits per heavy atom. The lowest BCUT2D eigenvalue weighted by Crippen LogP contribution is -2.42. The van der Waals surface area contributed by atoms with E-state index in [0.29, 0.717) is 6.42 Å². The van der Waals surface area contributed by atoms with Gasteiger partial charge in [-0.2, -0.15) is 9.78 Å². The number of benzene rings is 1. The molecule has 1 amide bonds. The molecule has 0 radical (unpaired) electrons. The summed E-state index contributed by atoms with van der Waals surface area (Å²) in [4.78, 5) is 37.7. The van der Waals surface area contributed by atoms with Crippen molar-refractivity contribution in [1.82, 2.24) is 19.7 Å². The molecular weight excluding hydrogens is 436 g/mol. The molecule has 1 heterocycles. The van der Waals surface area contributed by atoms with Crippen molar-refractivity contribution >= 4 is 17.5 Å². The Morgan fingerprint density at radius 1 is 1.22 bits per heavy atom. The van der Waals surface area contributed by atoms with E-state index in [1.807, 2.05) is 0 Å². The molecule has 0 bridgehead atoms. The van der Waals surface area contributed by atoms with Crippen LogP contribution in [0.4, 0.5) is 0 Å². The molecule has 3 rings (SSSR count). The first kappa shape index (κ1) is 24.2. The van der Waals surface area contributed by atoms with E-state index in [-0.39, 0.29) is 28.7 Å². The summed E-state index contributed by atoms with van der Waals surface area (Å²) in [6.07, 6.45) is 5.51. The molecule has 1 saturated carbocycles. The highest BCUT2D eigenvalue weighted by atomic mass is 35.5. The van der Waals surface area contributed by atoms with Crippen LogP contribution in [0.15, 0.2) is 34.0 Å². The van der Waals surface area contributed by atoms with Crippen LogP contribution in [0.3, 0.4) is 0 Å². The number of halogens is 1. The fraction of sp³-hybridized carbons (Fsp3) is 0.545. The van der Waals surface area contributed by atoms with Gasteiger partial charge in [-0.15, -0.1) is 0 Å². The lowest BCUT2D eigenvalue weighted by molar-refractivity contribution is 0.0532. The minimum Gasteiger partial charge on any atom is -0.391 e. The first-order valence-electron chi connectivity index (χ1n) is 11.0. The van der Waals surface area contributed by atoms with E-state index in [0.717, 1.165) is 54.0 Å². The number of nitrogens with zero attached hydrogens (tertiary/aromatic N) is 3. The van der Waals surface area contributed by atoms with Gasteiger partial charge in [0.1, 0.15) is 12.4 Å². The molecular formula is C22H29ClN4O5. The van der Waals surface area contributed by atoms with Crippen LogP contribution in [0.25, 0.3) is 5.69 Å². The summed E-state index contributed by atoms with van der Waals surface area (Å²) in [6.45, 7) is 1.58. The standard InChI is InChI=1S/C22H29ClN4O5/c1-2-16(28)13-26-19(29)12-24-27(22(26)32)15-9-10-18(23)17(11-15)21(31)25-20(30)14-7-5-3-4-6-8-14/h9-12,14,16,20,28,30H,2-8,13H2,1H3,(H,25,31). The van der Waals surface area contributed by atoms with Crippen molar-refractivity contribution in [3.8, 4) is 5.69 Å². The first-order chi connectivity index (χ1) is 15.3. The summed E-state index contributed by atoms with van der Waals surface area (Å²) < 4.78 is 1.87. The van der Waals surface area contributed by atoms with Gasteiger partial charge >= 0.3 is 5.69 Å². The summed E-state index contributed by atoms with van der Waals surface area (Å²) in [5.74, 6) is -0.572. The van der Waals surface area contributed by atoms with E-state index >= 15 is 0 Å². The number of aromatic nitrogens is 3. The smallest absolute Gasteiger partial charge is 0.352 e. The zero-order valence-corrected chi connectivity index (χ0v) is 18.8. The van der Waals surface area contributed by atoms with Gasteiger partial charge in [0.2, 0.25) is 0 Å². The molecule has 0 saturated heterocycles. The fourth-order valence-corrected chi connectivity index (χ4v) is 4.10. The molecule has 32 heavy (non-hydrogen) atoms. The Labute approximate surface area is 190 Å². The maximum atomic E-state index is 12.8. The molecule has 9 nitrogen and oxygen atoms in total. The third-order valence-electron chi connectivity index (χ3n) is 5.89. The van der Waals surface area contributed by atoms with E-state index < -0.39 is 29.5 Å². The molecule has 1 aromatic carbocycles. The molecule has 1 aliphatic rings. The Hall–Kier alpha value is -2.49. The summed E-state index contributed by atoms with van der Waals surface area (Å²) in [6, 6.07) is 4.34. The van der Waals surface area contributed by atoms with Crippen molar-refractivity contribution in [3.05, 3.63) is 55.8 Å². The number of aliphatic hydroxyl groups is 2. The summed E-state index contributed by atoms with van der Waals surface area (Å²) in [5, 5.41) is 27.0. The molecule has 1 aromatic heterocycles. The quantitative estimate of drug-likeness (QED) is 0.424. The maximum Gasteiger partial charge on any atom is 0.352 e. The zero-order valence-electron chi connectivity index (χ0n) is 18.0. The number of carbonyl (C=O) groups is 1. The summed E-state index contributed by atoms with van der Waals surface area (Å²) >= 11 is 6.22. The number of rotatable bonds is 7. The number of hydrogen-bond acceptors (Lipinski definition) is 6. The molecule has 2 aromatic rings. The van der Waals surface area contributed by atoms with Gasteiger partial charge in [0.25, 0.3) is 11.5 Å². The molecule has 2 atom stereocenters. The van der Waals surface area contributed by atoms with Crippen LogP contribution < -0.4 is 16.6 Å². The molecule has 3 N–H and O–H groups in total. The largest absolute Gasteiger partial charge is 0.391 e. The Morgan fingerprint density at radius 2 is 1.91 bits per heavy atom. The SMILES string of the molecule is CCC(O)Cn1c(=O)cnn(-c2ccc(Cl)c(C(=O)NC(O)C3CCCCCC3)c2)c1=O. The van der Waals surface area contributed by atoms with Gasteiger partial charge in [0, 0.05) is 5.92 Å². The number of nitrogens with one attached hydrogen (secondary N) is 1. The van der Waals surface area contributed by atoms with E-state index in [2.05, 4.69) is 10.4 Å². The van der Waals surface area contributed by atoms with Gasteiger partial charge in [0.15, 0.2) is 0 Å². The summed E-state index contributed by atoms with van der Waals surface area (Å²) in [7, 11) is 0. The predicted octanol–water partition coefficient (Wildman–Crippen LogP) is 1.84. The number of carbonyl (C=O) groups excluding carboxylic acids is 1. The molecule has 10 heteroatoms. The van der Waals surface area contributed by atoms with E-state index in [4.69, 9.17) is 11.6 Å². The maximum absolute atomic E-state index is 12.8. The van der Waals surface area contributed by atoms with Crippen LogP contribution in [0.1, 0.15) is 62.2 Å². The van der Waals surface area contributed by atoms with Gasteiger partial charge in [0.05, 0.1) is 28.9 Å². The second kappa shape index (κ2) is 10.9. The Bertz CT molecular complexity index is 1060. The minimum absolute atomic E-state index is 0.0127. The third-order valence-corrected chi connectivity index (χ3v) is 6.22. The van der Waals surface area contributed by atoms with E-state index in [1.54, 1.807) is 6.92 Å². The zero-order chi connectivity index (χ0) is 23.3. The third kappa shape index (κ3) is 5.65. The van der Waals surface area contributed by atoms with Crippen LogP contribution in [0.5, 0.6) is 0 Å². The average molecular weight is 465 g/mol. The van der Waals surface area contributed by atoms with Crippen LogP contribution in [-0.4, -0.2) is 42.8 Å². The van der Waals surface area contributed by atoms with Crippen molar-refractivity contribution in [2.24, 2.45) is 5.92 Å². The normalized spacial score (nSPS) is 16.9. The molecule has 0 aliphatic heterocycles. The average Bonchev–Trinajstić information content (AvgIpc) is 3.06. The highest BCUT2D eigenvalue weighted by molar-refractivity contribution is 6.33. The molecule has 0 spiro atoms. The fourth-order valence-electron chi connectivity index (χ4n) is 3.90. The first-order valence-corrected chi connectivity index (χ1v) is 11.4. The minimum atomic E-state index is -0.987. The van der Waals surface area contributed by atoms with Crippen LogP contribution >= 0.6 is 11.6 Å². The highest BCUT2D eigenvalue weighted by Gasteiger charge is 2.24. The van der Waals surface area contributed by atoms with Gasteiger partial charge < -0.3 is 15.5 Å². The van der Waals surface area contributed by atoms with Crippen LogP contribution in [0, 0.1) is 5.92 Å². The van der Waals surface area contributed by atoms with E-state index in [1.165, 1.54) is 18.2 Å². The van der Waals surface area contributed by atoms with Gasteiger partial charge in [-0.05, 0) is 37.5 Å². The number of hydrogen-bond donors (Lipinski definition) is 3. The van der Waals surface area contributed by atoms with Crippen LogP contribution in [-0.2, 0) is 6.54 Å². The van der Waals surface area contributed by atoms with Crippen molar-refractivity contribution in [2.75, 3.05) is 0 Å². The van der Waals surface area contributed by atoms with Crippen molar-refractivity contribution in [3.63, 3.8) is 0 Å². The molecule has 2 unspecified atom stereocenters. The van der Waals surface area contributed by atoms with Crippen LogP contribution in [0.2, 0.25) is 5.02 Å². The summed E-state index contributed by atoms with van der Waals surface area (Å²) in [5.41, 5.74) is -1.06. The molecule has 1 fully saturated rings. The van der Waals surface area contributed by atoms with Gasteiger partial charge in [-0.1, -0.05) is 44.2 Å².